The molecule has 1 rings (SSSR count). The van der Waals surface area contributed by atoms with Crippen LogP contribution in [0.1, 0.15) is 0 Å². The summed E-state index contributed by atoms with van der Waals surface area (Å²) in [4.78, 5) is -0.109. The summed E-state index contributed by atoms with van der Waals surface area (Å²) < 4.78 is 30.1. The van der Waals surface area contributed by atoms with E-state index in [4.69, 9.17) is 4.55 Å². The normalized spacial score (nSPS) is 11.7. The SMILES string of the molecule is CN(C)Nc1ccc(S(=O)(=O)O)cc1. The van der Waals surface area contributed by atoms with E-state index in [-0.39, 0.29) is 4.90 Å². The predicted molar refractivity (Wildman–Crippen MR) is 53.6 cm³/mol. The molecular formula is C8H12N2O3S. The lowest BCUT2D eigenvalue weighted by atomic mass is 10.3. The van der Waals surface area contributed by atoms with Crippen molar-refractivity contribution in [3.63, 3.8) is 0 Å². The maximum atomic E-state index is 10.7. The van der Waals surface area contributed by atoms with Gasteiger partial charge < -0.3 is 5.43 Å². The lowest BCUT2D eigenvalue weighted by Crippen LogP contribution is -2.19. The molecular weight excluding hydrogens is 204 g/mol. The van der Waals surface area contributed by atoms with Gasteiger partial charge in [0.2, 0.25) is 0 Å². The van der Waals surface area contributed by atoms with Crippen molar-refractivity contribution in [3.8, 4) is 0 Å². The molecule has 0 radical (unpaired) electrons. The average Bonchev–Trinajstić information content (AvgIpc) is 2.02. The van der Waals surface area contributed by atoms with E-state index in [9.17, 15) is 8.42 Å². The Labute approximate surface area is 83.1 Å². The van der Waals surface area contributed by atoms with Crippen LogP contribution >= 0.6 is 0 Å². The summed E-state index contributed by atoms with van der Waals surface area (Å²) in [6.07, 6.45) is 0. The Kier molecular flexibility index (Phi) is 3.10. The minimum absolute atomic E-state index is 0.109. The Morgan fingerprint density at radius 1 is 1.21 bits per heavy atom. The van der Waals surface area contributed by atoms with Gasteiger partial charge in [-0.3, -0.25) is 4.55 Å². The maximum Gasteiger partial charge on any atom is 0.294 e. The third-order valence-corrected chi connectivity index (χ3v) is 2.37. The molecule has 0 saturated carbocycles. The van der Waals surface area contributed by atoms with Gasteiger partial charge in [-0.2, -0.15) is 8.42 Å². The number of hydrogen-bond acceptors (Lipinski definition) is 4. The molecule has 0 unspecified atom stereocenters. The zero-order valence-electron chi connectivity index (χ0n) is 7.93. The number of benzene rings is 1. The molecule has 0 heterocycles. The van der Waals surface area contributed by atoms with Crippen molar-refractivity contribution in [2.45, 2.75) is 4.90 Å². The van der Waals surface area contributed by atoms with Crippen LogP contribution in [0.15, 0.2) is 29.2 Å². The molecule has 1 aromatic rings. The first-order valence-corrected chi connectivity index (χ1v) is 5.35. The van der Waals surface area contributed by atoms with Crippen molar-refractivity contribution in [1.82, 2.24) is 5.01 Å². The van der Waals surface area contributed by atoms with Gasteiger partial charge in [0.25, 0.3) is 10.1 Å². The Bertz CT molecular complexity index is 397. The smallest absolute Gasteiger partial charge is 0.294 e. The molecule has 0 atom stereocenters. The highest BCUT2D eigenvalue weighted by Crippen LogP contribution is 2.13. The molecule has 78 valence electrons. The van der Waals surface area contributed by atoms with E-state index in [0.29, 0.717) is 0 Å². The first-order valence-electron chi connectivity index (χ1n) is 3.91. The standard InChI is InChI=1S/C8H12N2O3S/c1-10(2)9-7-3-5-8(6-4-7)14(11,12)13/h3-6,9H,1-2H3,(H,11,12,13). The largest absolute Gasteiger partial charge is 0.319 e. The zero-order valence-corrected chi connectivity index (χ0v) is 8.75. The minimum atomic E-state index is -4.09. The fourth-order valence-corrected chi connectivity index (χ4v) is 1.44. The van der Waals surface area contributed by atoms with Crippen molar-refractivity contribution in [2.75, 3.05) is 19.5 Å². The highest BCUT2D eigenvalue weighted by Gasteiger charge is 2.07. The summed E-state index contributed by atoms with van der Waals surface area (Å²) in [7, 11) is -0.457. The molecule has 0 spiro atoms. The van der Waals surface area contributed by atoms with Crippen LogP contribution in [0.4, 0.5) is 5.69 Å². The third-order valence-electron chi connectivity index (χ3n) is 1.50. The number of hydrogen-bond donors (Lipinski definition) is 2. The topological polar surface area (TPSA) is 69.6 Å². The fraction of sp³-hybridized carbons (Fsp3) is 0.250. The highest BCUT2D eigenvalue weighted by molar-refractivity contribution is 7.85. The molecule has 6 heteroatoms. The molecule has 0 bridgehead atoms. The summed E-state index contributed by atoms with van der Waals surface area (Å²) in [6, 6.07) is 5.81. The van der Waals surface area contributed by atoms with Crippen LogP contribution in [0.2, 0.25) is 0 Å². The molecule has 14 heavy (non-hydrogen) atoms. The average molecular weight is 216 g/mol. The van der Waals surface area contributed by atoms with E-state index >= 15 is 0 Å². The molecule has 0 aliphatic heterocycles. The minimum Gasteiger partial charge on any atom is -0.319 e. The highest BCUT2D eigenvalue weighted by atomic mass is 32.2. The third kappa shape index (κ3) is 2.99. The van der Waals surface area contributed by atoms with Gasteiger partial charge in [-0.1, -0.05) is 0 Å². The van der Waals surface area contributed by atoms with E-state index in [2.05, 4.69) is 5.43 Å². The Hall–Kier alpha value is -1.11. The summed E-state index contributed by atoms with van der Waals surface area (Å²) in [5.74, 6) is 0. The molecule has 2 N–H and O–H groups in total. The van der Waals surface area contributed by atoms with Crippen molar-refractivity contribution < 1.29 is 13.0 Å². The van der Waals surface area contributed by atoms with E-state index in [1.165, 1.54) is 12.1 Å². The van der Waals surface area contributed by atoms with Gasteiger partial charge in [-0.05, 0) is 24.3 Å². The Morgan fingerprint density at radius 3 is 2.07 bits per heavy atom. The van der Waals surface area contributed by atoms with Gasteiger partial charge in [0.05, 0.1) is 4.90 Å². The van der Waals surface area contributed by atoms with Crippen LogP contribution in [0.5, 0.6) is 0 Å². The number of rotatable bonds is 3. The first-order chi connectivity index (χ1) is 6.39. The molecule has 0 aliphatic rings. The number of anilines is 1. The molecule has 0 amide bonds. The van der Waals surface area contributed by atoms with Gasteiger partial charge in [0, 0.05) is 19.8 Å². The van der Waals surface area contributed by atoms with Gasteiger partial charge in [-0.15, -0.1) is 0 Å². The Balaban J connectivity index is 2.90. The zero-order chi connectivity index (χ0) is 10.8. The second kappa shape index (κ2) is 3.95. The van der Waals surface area contributed by atoms with Gasteiger partial charge in [0.15, 0.2) is 0 Å². The quantitative estimate of drug-likeness (QED) is 0.578. The van der Waals surface area contributed by atoms with Crippen LogP contribution < -0.4 is 5.43 Å². The summed E-state index contributed by atoms with van der Waals surface area (Å²) >= 11 is 0. The summed E-state index contributed by atoms with van der Waals surface area (Å²) in [6.45, 7) is 0. The molecule has 1 aromatic carbocycles. The lowest BCUT2D eigenvalue weighted by Gasteiger charge is -2.13. The Morgan fingerprint density at radius 2 is 1.71 bits per heavy atom. The molecule has 0 aromatic heterocycles. The van der Waals surface area contributed by atoms with Crippen molar-refractivity contribution in [1.29, 1.82) is 0 Å². The number of hydrazine groups is 1. The van der Waals surface area contributed by atoms with Gasteiger partial charge in [-0.25, -0.2) is 5.01 Å². The fourth-order valence-electron chi connectivity index (χ4n) is 0.960. The van der Waals surface area contributed by atoms with Crippen LogP contribution in [0, 0.1) is 0 Å². The van der Waals surface area contributed by atoms with Crippen molar-refractivity contribution in [2.24, 2.45) is 0 Å². The predicted octanol–water partition coefficient (Wildman–Crippen LogP) is 0.822. The molecule has 5 nitrogen and oxygen atoms in total. The molecule has 0 fully saturated rings. The first kappa shape index (κ1) is 11.0. The van der Waals surface area contributed by atoms with E-state index in [1.807, 2.05) is 14.1 Å². The van der Waals surface area contributed by atoms with Crippen LogP contribution in [0.3, 0.4) is 0 Å². The van der Waals surface area contributed by atoms with Crippen molar-refractivity contribution in [3.05, 3.63) is 24.3 Å². The second-order valence-electron chi connectivity index (χ2n) is 3.01. The van der Waals surface area contributed by atoms with Gasteiger partial charge in [0.1, 0.15) is 0 Å². The van der Waals surface area contributed by atoms with Crippen LogP contribution in [-0.2, 0) is 10.1 Å². The maximum absolute atomic E-state index is 10.7. The second-order valence-corrected chi connectivity index (χ2v) is 4.43. The van der Waals surface area contributed by atoms with Crippen LogP contribution in [0.25, 0.3) is 0 Å². The number of nitrogens with zero attached hydrogens (tertiary/aromatic N) is 1. The molecule has 0 saturated heterocycles. The molecule has 0 aliphatic carbocycles. The van der Waals surface area contributed by atoms with E-state index in [1.54, 1.807) is 17.1 Å². The summed E-state index contributed by atoms with van der Waals surface area (Å²) in [5.41, 5.74) is 3.69. The number of nitrogens with one attached hydrogen (secondary N) is 1. The van der Waals surface area contributed by atoms with E-state index < -0.39 is 10.1 Å². The lowest BCUT2D eigenvalue weighted by molar-refractivity contribution is 0.483. The van der Waals surface area contributed by atoms with Crippen LogP contribution in [-0.4, -0.2) is 32.1 Å². The summed E-state index contributed by atoms with van der Waals surface area (Å²) in [5, 5.41) is 1.72. The van der Waals surface area contributed by atoms with Gasteiger partial charge >= 0.3 is 0 Å². The monoisotopic (exact) mass is 216 g/mol. The van der Waals surface area contributed by atoms with E-state index in [0.717, 1.165) is 5.69 Å². The van der Waals surface area contributed by atoms with Crippen molar-refractivity contribution >= 4 is 15.8 Å².